The molecule has 3 N–H and O–H groups in total. The molecule has 0 aliphatic heterocycles. The van der Waals surface area contributed by atoms with Gasteiger partial charge in [0, 0.05) is 22.9 Å². The summed E-state index contributed by atoms with van der Waals surface area (Å²) in [5.41, 5.74) is 7.02. The number of hydrogen-bond donors (Lipinski definition) is 2. The van der Waals surface area contributed by atoms with E-state index in [1.807, 2.05) is 30.3 Å². The minimum atomic E-state index is -0.273. The Balaban J connectivity index is 0.000000238. The molecule has 4 aromatic rings. The summed E-state index contributed by atoms with van der Waals surface area (Å²) < 4.78 is 11.3. The highest BCUT2D eigenvalue weighted by atomic mass is 35.5. The molecule has 0 radical (unpaired) electrons. The Morgan fingerprint density at radius 1 is 0.692 bits per heavy atom. The van der Waals surface area contributed by atoms with E-state index in [1.165, 1.54) is 0 Å². The lowest BCUT2D eigenvalue weighted by Gasteiger charge is -2.11. The van der Waals surface area contributed by atoms with Crippen molar-refractivity contribution in [3.63, 3.8) is 0 Å². The second-order valence-corrected chi connectivity index (χ2v) is 9.05. The van der Waals surface area contributed by atoms with Crippen LogP contribution in [0.4, 0.5) is 11.4 Å². The summed E-state index contributed by atoms with van der Waals surface area (Å²) in [5.74, 6) is 2.60. The van der Waals surface area contributed by atoms with Gasteiger partial charge in [-0.15, -0.1) is 0 Å². The molecule has 0 aliphatic rings. The van der Waals surface area contributed by atoms with Gasteiger partial charge in [0.2, 0.25) is 11.1 Å². The first-order chi connectivity index (χ1) is 18.7. The summed E-state index contributed by atoms with van der Waals surface area (Å²) >= 11 is 16.4. The van der Waals surface area contributed by atoms with Crippen molar-refractivity contribution in [3.05, 3.63) is 107 Å². The molecular formula is C30H29Cl3N2O4. The SMILES string of the molecule is CCC(=O)Cl.CCC(=O)Nc1ccccc1Oc1ccc(Cl)cc1.Nc1ccccc1Oc1ccc(Cl)cc1. The molecule has 1 amide bonds. The summed E-state index contributed by atoms with van der Waals surface area (Å²) in [6, 6.07) is 28.9. The van der Waals surface area contributed by atoms with E-state index in [4.69, 9.17) is 50.0 Å². The van der Waals surface area contributed by atoms with Crippen molar-refractivity contribution >= 4 is 57.3 Å². The van der Waals surface area contributed by atoms with Gasteiger partial charge in [-0.1, -0.05) is 61.3 Å². The lowest BCUT2D eigenvalue weighted by atomic mass is 10.2. The van der Waals surface area contributed by atoms with Gasteiger partial charge < -0.3 is 20.5 Å². The van der Waals surface area contributed by atoms with Crippen molar-refractivity contribution < 1.29 is 19.1 Å². The molecule has 6 nitrogen and oxygen atoms in total. The van der Waals surface area contributed by atoms with Gasteiger partial charge in [0.15, 0.2) is 5.75 Å². The number of ether oxygens (including phenoxy) is 2. The highest BCUT2D eigenvalue weighted by molar-refractivity contribution is 6.63. The first-order valence-electron chi connectivity index (χ1n) is 12.0. The molecule has 0 saturated heterocycles. The van der Waals surface area contributed by atoms with Gasteiger partial charge >= 0.3 is 0 Å². The minimum absolute atomic E-state index is 0.0489. The van der Waals surface area contributed by atoms with Crippen LogP contribution in [0.1, 0.15) is 26.7 Å². The number of carbonyl (C=O) groups is 2. The number of anilines is 2. The third kappa shape index (κ3) is 12.1. The predicted molar refractivity (Wildman–Crippen MR) is 160 cm³/mol. The average Bonchev–Trinajstić information content (AvgIpc) is 2.94. The van der Waals surface area contributed by atoms with Crippen molar-refractivity contribution in [2.75, 3.05) is 11.1 Å². The van der Waals surface area contributed by atoms with Crippen LogP contribution in [0.2, 0.25) is 10.0 Å². The second-order valence-electron chi connectivity index (χ2n) is 7.76. The lowest BCUT2D eigenvalue weighted by molar-refractivity contribution is -0.116. The van der Waals surface area contributed by atoms with Crippen molar-refractivity contribution in [1.82, 2.24) is 0 Å². The van der Waals surface area contributed by atoms with Crippen LogP contribution in [0.25, 0.3) is 0 Å². The molecule has 204 valence electrons. The second kappa shape index (κ2) is 17.0. The van der Waals surface area contributed by atoms with Crippen LogP contribution in [0.3, 0.4) is 0 Å². The molecular weight excluding hydrogens is 559 g/mol. The highest BCUT2D eigenvalue weighted by Crippen LogP contribution is 2.30. The van der Waals surface area contributed by atoms with Crippen LogP contribution in [0.5, 0.6) is 23.0 Å². The van der Waals surface area contributed by atoms with E-state index in [9.17, 15) is 9.59 Å². The zero-order valence-electron chi connectivity index (χ0n) is 21.5. The van der Waals surface area contributed by atoms with Crippen molar-refractivity contribution in [2.24, 2.45) is 0 Å². The third-order valence-electron chi connectivity index (χ3n) is 4.76. The monoisotopic (exact) mass is 586 g/mol. The topological polar surface area (TPSA) is 90.7 Å². The van der Waals surface area contributed by atoms with E-state index < -0.39 is 0 Å². The normalized spacial score (nSPS) is 9.67. The quantitative estimate of drug-likeness (QED) is 0.166. The predicted octanol–water partition coefficient (Wildman–Crippen LogP) is 9.36. The molecule has 39 heavy (non-hydrogen) atoms. The Morgan fingerprint density at radius 3 is 1.59 bits per heavy atom. The Labute approximate surface area is 243 Å². The number of nitrogens with two attached hydrogens (primary N) is 1. The number of nitrogens with one attached hydrogen (secondary N) is 1. The van der Waals surface area contributed by atoms with Crippen molar-refractivity contribution in [2.45, 2.75) is 26.7 Å². The number of para-hydroxylation sites is 4. The molecule has 0 heterocycles. The third-order valence-corrected chi connectivity index (χ3v) is 5.53. The van der Waals surface area contributed by atoms with E-state index in [-0.39, 0.29) is 11.1 Å². The summed E-state index contributed by atoms with van der Waals surface area (Å²) in [6.45, 7) is 3.52. The molecule has 0 atom stereocenters. The largest absolute Gasteiger partial charge is 0.455 e. The Kier molecular flexibility index (Phi) is 13.7. The van der Waals surface area contributed by atoms with E-state index >= 15 is 0 Å². The standard InChI is InChI=1S/C15H14ClNO2.C12H10ClNO.C3H5ClO/c1-2-15(18)17-13-5-3-4-6-14(13)19-12-9-7-11(16)8-10-12;13-9-5-7-10(8-6-9)15-12-4-2-1-3-11(12)14;1-2-3(4)5/h3-10H,2H2,1H3,(H,17,18);1-8H,14H2;2H2,1H3. The van der Waals surface area contributed by atoms with Crippen molar-refractivity contribution in [1.29, 1.82) is 0 Å². The van der Waals surface area contributed by atoms with Gasteiger partial charge in [0.05, 0.1) is 11.4 Å². The summed E-state index contributed by atoms with van der Waals surface area (Å²) in [6.07, 6.45) is 0.858. The number of amides is 1. The lowest BCUT2D eigenvalue weighted by Crippen LogP contribution is -2.10. The van der Waals surface area contributed by atoms with Gasteiger partial charge in [-0.25, -0.2) is 0 Å². The molecule has 4 aromatic carbocycles. The summed E-state index contributed by atoms with van der Waals surface area (Å²) in [4.78, 5) is 21.0. The number of rotatable bonds is 7. The summed E-state index contributed by atoms with van der Waals surface area (Å²) in [7, 11) is 0. The van der Waals surface area contributed by atoms with Crippen LogP contribution >= 0.6 is 34.8 Å². The zero-order valence-corrected chi connectivity index (χ0v) is 23.8. The van der Waals surface area contributed by atoms with Gasteiger partial charge in [0.1, 0.15) is 17.2 Å². The maximum atomic E-state index is 11.4. The average molecular weight is 588 g/mol. The first-order valence-corrected chi connectivity index (χ1v) is 13.1. The molecule has 0 spiro atoms. The zero-order chi connectivity index (χ0) is 28.6. The van der Waals surface area contributed by atoms with Crippen LogP contribution in [-0.2, 0) is 9.59 Å². The van der Waals surface area contributed by atoms with Crippen LogP contribution in [0, 0.1) is 0 Å². The molecule has 0 unspecified atom stereocenters. The van der Waals surface area contributed by atoms with Crippen LogP contribution in [0.15, 0.2) is 97.1 Å². The number of benzene rings is 4. The Bertz CT molecular complexity index is 1330. The van der Waals surface area contributed by atoms with E-state index in [0.717, 1.165) is 5.75 Å². The van der Waals surface area contributed by atoms with Crippen molar-refractivity contribution in [3.8, 4) is 23.0 Å². The maximum absolute atomic E-state index is 11.4. The van der Waals surface area contributed by atoms with E-state index in [1.54, 1.807) is 80.6 Å². The molecule has 0 saturated carbocycles. The van der Waals surface area contributed by atoms with Crippen LogP contribution in [-0.4, -0.2) is 11.1 Å². The Hall–Kier alpha value is -3.71. The molecule has 0 aromatic heterocycles. The fourth-order valence-electron chi connectivity index (χ4n) is 2.73. The van der Waals surface area contributed by atoms with E-state index in [0.29, 0.717) is 51.5 Å². The smallest absolute Gasteiger partial charge is 0.224 e. The molecule has 0 aliphatic carbocycles. The number of halogens is 3. The summed E-state index contributed by atoms with van der Waals surface area (Å²) in [5, 5.41) is 3.87. The molecule has 0 fully saturated rings. The van der Waals surface area contributed by atoms with Crippen LogP contribution < -0.4 is 20.5 Å². The Morgan fingerprint density at radius 2 is 1.13 bits per heavy atom. The first kappa shape index (κ1) is 31.5. The molecule has 0 bridgehead atoms. The van der Waals surface area contributed by atoms with E-state index in [2.05, 4.69) is 5.32 Å². The van der Waals surface area contributed by atoms with Gasteiger partial charge in [-0.3, -0.25) is 9.59 Å². The fourth-order valence-corrected chi connectivity index (χ4v) is 2.98. The molecule has 4 rings (SSSR count). The molecule has 9 heteroatoms. The number of nitrogen functional groups attached to an aromatic ring is 1. The van der Waals surface area contributed by atoms with Gasteiger partial charge in [-0.05, 0) is 84.4 Å². The fraction of sp³-hybridized carbons (Fsp3) is 0.133. The van der Waals surface area contributed by atoms with Gasteiger partial charge in [-0.2, -0.15) is 0 Å². The number of hydrogen-bond acceptors (Lipinski definition) is 5. The number of carbonyl (C=O) groups excluding carboxylic acids is 2. The van der Waals surface area contributed by atoms with Gasteiger partial charge in [0.25, 0.3) is 0 Å². The highest BCUT2D eigenvalue weighted by Gasteiger charge is 2.07. The minimum Gasteiger partial charge on any atom is -0.455 e. The maximum Gasteiger partial charge on any atom is 0.224 e.